The number of fused-ring (bicyclic) bond motifs is 1. The molecule has 126 valence electrons. The molecule has 2 heterocycles. The number of benzene rings is 1. The quantitative estimate of drug-likeness (QED) is 0.931. The molecule has 1 saturated carbocycles. The lowest BCUT2D eigenvalue weighted by molar-refractivity contribution is 0.0824. The number of nitrogens with zero attached hydrogens (tertiary/aromatic N) is 2. The van der Waals surface area contributed by atoms with Crippen LogP contribution in [0.4, 0.5) is 0 Å². The third kappa shape index (κ3) is 2.60. The molecule has 0 saturated heterocycles. The van der Waals surface area contributed by atoms with Crippen molar-refractivity contribution in [3.63, 3.8) is 0 Å². The minimum absolute atomic E-state index is 0.175. The fourth-order valence-electron chi connectivity index (χ4n) is 3.37. The smallest absolute Gasteiger partial charge is 0.252 e. The molecule has 1 aromatic carbocycles. The van der Waals surface area contributed by atoms with E-state index in [-0.39, 0.29) is 12.7 Å². The lowest BCUT2D eigenvalue weighted by Gasteiger charge is -2.34. The number of amides is 1. The van der Waals surface area contributed by atoms with Gasteiger partial charge >= 0.3 is 0 Å². The molecule has 24 heavy (non-hydrogen) atoms. The first kappa shape index (κ1) is 15.0. The van der Waals surface area contributed by atoms with Gasteiger partial charge in [0.1, 0.15) is 5.54 Å². The van der Waals surface area contributed by atoms with Gasteiger partial charge in [-0.05, 0) is 38.0 Å². The molecule has 7 heteroatoms. The maximum absolute atomic E-state index is 12.8. The van der Waals surface area contributed by atoms with E-state index in [1.54, 1.807) is 25.1 Å². The molecule has 1 fully saturated rings. The summed E-state index contributed by atoms with van der Waals surface area (Å²) in [6.07, 6.45) is 4.77. The predicted octanol–water partition coefficient (Wildman–Crippen LogP) is 2.70. The molecule has 2 aliphatic rings. The molecule has 1 aromatic heterocycles. The first-order valence-electron chi connectivity index (χ1n) is 8.19. The number of hydrogen-bond donors (Lipinski definition) is 1. The number of carbonyl (C=O) groups is 1. The zero-order chi connectivity index (χ0) is 16.6. The van der Waals surface area contributed by atoms with Gasteiger partial charge in [0, 0.05) is 5.56 Å². The molecular formula is C17H19N3O4. The Morgan fingerprint density at radius 1 is 1.17 bits per heavy atom. The molecular weight excluding hydrogens is 310 g/mol. The average molecular weight is 329 g/mol. The van der Waals surface area contributed by atoms with Crippen molar-refractivity contribution in [1.29, 1.82) is 0 Å². The van der Waals surface area contributed by atoms with Crippen LogP contribution in [0, 0.1) is 6.92 Å². The van der Waals surface area contributed by atoms with Crippen molar-refractivity contribution in [2.75, 3.05) is 6.79 Å². The lowest BCUT2D eigenvalue weighted by Crippen LogP contribution is -2.47. The first-order chi connectivity index (χ1) is 11.7. The topological polar surface area (TPSA) is 86.5 Å². The Morgan fingerprint density at radius 3 is 2.71 bits per heavy atom. The molecule has 1 aliphatic heterocycles. The van der Waals surface area contributed by atoms with Gasteiger partial charge in [-0.15, -0.1) is 0 Å². The summed E-state index contributed by atoms with van der Waals surface area (Å²) in [7, 11) is 0. The van der Waals surface area contributed by atoms with Gasteiger partial charge in [-0.25, -0.2) is 0 Å². The monoisotopic (exact) mass is 329 g/mol. The molecule has 2 aromatic rings. The van der Waals surface area contributed by atoms with Crippen molar-refractivity contribution in [1.82, 2.24) is 15.5 Å². The van der Waals surface area contributed by atoms with E-state index >= 15 is 0 Å². The van der Waals surface area contributed by atoms with Gasteiger partial charge in [-0.2, -0.15) is 4.98 Å². The van der Waals surface area contributed by atoms with Crippen LogP contribution in [0.25, 0.3) is 0 Å². The number of rotatable bonds is 3. The largest absolute Gasteiger partial charge is 0.454 e. The van der Waals surface area contributed by atoms with Gasteiger partial charge in [0.2, 0.25) is 6.79 Å². The average Bonchev–Trinajstić information content (AvgIpc) is 3.23. The zero-order valence-electron chi connectivity index (χ0n) is 13.5. The Bertz CT molecular complexity index is 765. The van der Waals surface area contributed by atoms with Crippen molar-refractivity contribution in [2.24, 2.45) is 0 Å². The van der Waals surface area contributed by atoms with E-state index in [4.69, 9.17) is 14.0 Å². The summed E-state index contributed by atoms with van der Waals surface area (Å²) in [6, 6.07) is 5.19. The normalized spacial score (nSPS) is 18.4. The Hall–Kier alpha value is -2.57. The Morgan fingerprint density at radius 2 is 1.96 bits per heavy atom. The summed E-state index contributed by atoms with van der Waals surface area (Å²) in [4.78, 5) is 17.2. The van der Waals surface area contributed by atoms with Crippen molar-refractivity contribution >= 4 is 5.91 Å². The van der Waals surface area contributed by atoms with E-state index in [0.29, 0.717) is 28.8 Å². The Labute approximate surface area is 139 Å². The van der Waals surface area contributed by atoms with E-state index in [1.165, 1.54) is 0 Å². The second-order valence-electron chi connectivity index (χ2n) is 6.31. The van der Waals surface area contributed by atoms with E-state index in [1.807, 2.05) is 0 Å². The molecule has 1 amide bonds. The highest BCUT2D eigenvalue weighted by Gasteiger charge is 2.40. The van der Waals surface area contributed by atoms with Crippen LogP contribution in [0.3, 0.4) is 0 Å². The molecule has 0 unspecified atom stereocenters. The second-order valence-corrected chi connectivity index (χ2v) is 6.31. The van der Waals surface area contributed by atoms with E-state index < -0.39 is 5.54 Å². The van der Waals surface area contributed by atoms with Gasteiger partial charge in [-0.3, -0.25) is 4.79 Å². The van der Waals surface area contributed by atoms with Crippen LogP contribution >= 0.6 is 0 Å². The molecule has 7 nitrogen and oxygen atoms in total. The highest BCUT2D eigenvalue weighted by Crippen LogP contribution is 2.37. The molecule has 0 spiro atoms. The van der Waals surface area contributed by atoms with Crippen LogP contribution in [0.5, 0.6) is 11.5 Å². The van der Waals surface area contributed by atoms with Crippen LogP contribution < -0.4 is 14.8 Å². The standard InChI is InChI=1S/C17H19N3O4/c1-11-18-16(24-20-11)17(7-3-2-4-8-17)19-15(21)12-5-6-13-14(9-12)23-10-22-13/h5-6,9H,2-4,7-8,10H2,1H3,(H,19,21). The summed E-state index contributed by atoms with van der Waals surface area (Å²) in [5.41, 5.74) is -0.0621. The summed E-state index contributed by atoms with van der Waals surface area (Å²) >= 11 is 0. The van der Waals surface area contributed by atoms with Crippen LogP contribution in [-0.2, 0) is 5.54 Å². The molecule has 1 N–H and O–H groups in total. The lowest BCUT2D eigenvalue weighted by atomic mass is 9.81. The van der Waals surface area contributed by atoms with Crippen molar-refractivity contribution in [3.8, 4) is 11.5 Å². The molecule has 0 atom stereocenters. The number of hydrogen-bond acceptors (Lipinski definition) is 6. The summed E-state index contributed by atoms with van der Waals surface area (Å²) in [5.74, 6) is 2.15. The SMILES string of the molecule is Cc1noc(C2(NC(=O)c3ccc4c(c3)OCO4)CCCCC2)n1. The van der Waals surface area contributed by atoms with Crippen LogP contribution in [0.15, 0.2) is 22.7 Å². The Kier molecular flexibility index (Phi) is 3.63. The van der Waals surface area contributed by atoms with Gasteiger partial charge in [0.15, 0.2) is 17.3 Å². The molecule has 4 rings (SSSR count). The van der Waals surface area contributed by atoms with Crippen LogP contribution in [0.1, 0.15) is 54.2 Å². The number of nitrogens with one attached hydrogen (secondary N) is 1. The van der Waals surface area contributed by atoms with Gasteiger partial charge in [0.05, 0.1) is 0 Å². The van der Waals surface area contributed by atoms with Crippen molar-refractivity contribution in [2.45, 2.75) is 44.6 Å². The third-order valence-corrected chi connectivity index (χ3v) is 4.63. The maximum atomic E-state index is 12.8. The van der Waals surface area contributed by atoms with Gasteiger partial charge < -0.3 is 19.3 Å². The molecule has 0 radical (unpaired) electrons. The molecule has 1 aliphatic carbocycles. The number of carbonyl (C=O) groups excluding carboxylic acids is 1. The molecule has 0 bridgehead atoms. The summed E-state index contributed by atoms with van der Waals surface area (Å²) < 4.78 is 16.0. The van der Waals surface area contributed by atoms with Crippen LogP contribution in [-0.4, -0.2) is 22.8 Å². The van der Waals surface area contributed by atoms with Gasteiger partial charge in [-0.1, -0.05) is 24.4 Å². The highest BCUT2D eigenvalue weighted by atomic mass is 16.7. The zero-order valence-corrected chi connectivity index (χ0v) is 13.5. The van der Waals surface area contributed by atoms with E-state index in [2.05, 4.69) is 15.5 Å². The first-order valence-corrected chi connectivity index (χ1v) is 8.19. The number of aromatic nitrogens is 2. The fraction of sp³-hybridized carbons (Fsp3) is 0.471. The van der Waals surface area contributed by atoms with E-state index in [9.17, 15) is 4.79 Å². The van der Waals surface area contributed by atoms with Crippen molar-refractivity contribution < 1.29 is 18.8 Å². The van der Waals surface area contributed by atoms with Gasteiger partial charge in [0.25, 0.3) is 11.8 Å². The predicted molar refractivity (Wildman–Crippen MR) is 83.8 cm³/mol. The highest BCUT2D eigenvalue weighted by molar-refractivity contribution is 5.95. The van der Waals surface area contributed by atoms with Crippen LogP contribution in [0.2, 0.25) is 0 Å². The third-order valence-electron chi connectivity index (χ3n) is 4.63. The second kappa shape index (κ2) is 5.81. The summed E-state index contributed by atoms with van der Waals surface area (Å²) in [5, 5.41) is 7.03. The maximum Gasteiger partial charge on any atom is 0.252 e. The van der Waals surface area contributed by atoms with Crippen molar-refractivity contribution in [3.05, 3.63) is 35.5 Å². The number of aryl methyl sites for hydroxylation is 1. The van der Waals surface area contributed by atoms with E-state index in [0.717, 1.165) is 32.1 Å². The summed E-state index contributed by atoms with van der Waals surface area (Å²) in [6.45, 7) is 1.97. The minimum atomic E-state index is -0.590. The minimum Gasteiger partial charge on any atom is -0.454 e. The number of ether oxygens (including phenoxy) is 2. The Balaban J connectivity index is 1.61. The fourth-order valence-corrected chi connectivity index (χ4v) is 3.37.